The summed E-state index contributed by atoms with van der Waals surface area (Å²) in [7, 11) is 0. The van der Waals surface area contributed by atoms with Crippen LogP contribution in [-0.4, -0.2) is 41.9 Å². The molecule has 2 aromatic rings. The first-order chi connectivity index (χ1) is 13.1. The molecule has 0 spiro atoms. The molecule has 0 unspecified atom stereocenters. The Kier molecular flexibility index (Phi) is 8.71. The van der Waals surface area contributed by atoms with Gasteiger partial charge in [0.25, 0.3) is 5.56 Å². The number of aromatic nitrogens is 2. The Labute approximate surface area is 161 Å². The van der Waals surface area contributed by atoms with Crippen molar-refractivity contribution in [3.8, 4) is 11.3 Å². The van der Waals surface area contributed by atoms with Crippen LogP contribution in [0.25, 0.3) is 11.3 Å². The summed E-state index contributed by atoms with van der Waals surface area (Å²) in [5.74, 6) is -0.178. The third-order valence-corrected chi connectivity index (χ3v) is 4.47. The van der Waals surface area contributed by atoms with E-state index in [1.54, 1.807) is 11.0 Å². The molecule has 1 amide bonds. The molecule has 0 saturated carbocycles. The molecule has 0 fully saturated rings. The van der Waals surface area contributed by atoms with Gasteiger partial charge >= 0.3 is 0 Å². The van der Waals surface area contributed by atoms with Gasteiger partial charge in [0, 0.05) is 24.6 Å². The monoisotopic (exact) mass is 371 g/mol. The fourth-order valence-electron chi connectivity index (χ4n) is 3.17. The molecule has 2 rings (SSSR count). The van der Waals surface area contributed by atoms with E-state index in [0.717, 1.165) is 18.5 Å². The second kappa shape index (κ2) is 11.3. The molecule has 6 nitrogen and oxygen atoms in total. The van der Waals surface area contributed by atoms with E-state index >= 15 is 0 Å². The molecule has 1 heterocycles. The van der Waals surface area contributed by atoms with Gasteiger partial charge in [-0.2, -0.15) is 5.10 Å². The maximum Gasteiger partial charge on any atom is 0.267 e. The number of nitrogens with zero attached hydrogens (tertiary/aromatic N) is 2. The molecule has 0 radical (unpaired) electrons. The minimum Gasteiger partial charge on any atom is -0.354 e. The predicted molar refractivity (Wildman–Crippen MR) is 108 cm³/mol. The first kappa shape index (κ1) is 20.8. The van der Waals surface area contributed by atoms with Gasteiger partial charge in [0.05, 0.1) is 25.3 Å². The fourth-order valence-corrected chi connectivity index (χ4v) is 3.17. The van der Waals surface area contributed by atoms with Crippen LogP contribution >= 0.6 is 0 Å². The van der Waals surface area contributed by atoms with Gasteiger partial charge in [-0.15, -0.1) is 0 Å². The summed E-state index contributed by atoms with van der Waals surface area (Å²) in [4.78, 5) is 25.8. The summed E-state index contributed by atoms with van der Waals surface area (Å²) in [6, 6.07) is 12.8. The highest BCUT2D eigenvalue weighted by Gasteiger charge is 2.09. The van der Waals surface area contributed by atoms with Crippen LogP contribution in [0.15, 0.2) is 47.3 Å². The van der Waals surface area contributed by atoms with Gasteiger partial charge in [0.1, 0.15) is 6.54 Å². The Morgan fingerprint density at radius 1 is 1.04 bits per heavy atom. The van der Waals surface area contributed by atoms with Gasteiger partial charge in [0.15, 0.2) is 0 Å². The van der Waals surface area contributed by atoms with Crippen molar-refractivity contribution < 1.29 is 9.69 Å². The molecule has 6 heteroatoms. The van der Waals surface area contributed by atoms with E-state index < -0.39 is 0 Å². The zero-order valence-electron chi connectivity index (χ0n) is 16.4. The predicted octanol–water partition coefficient (Wildman–Crippen LogP) is 1.12. The number of hydrogen-bond donors (Lipinski definition) is 2. The Morgan fingerprint density at radius 3 is 2.41 bits per heavy atom. The lowest BCUT2D eigenvalue weighted by Gasteiger charge is -2.18. The second-order valence-corrected chi connectivity index (χ2v) is 6.78. The Hall–Kier alpha value is -2.47. The summed E-state index contributed by atoms with van der Waals surface area (Å²) in [6.07, 6.45) is 3.29. The molecule has 0 aliphatic heterocycles. The standard InChI is InChI=1S/C21H30N4O2/c1-3-14-24(15-4-2)16-8-13-22-20(26)17-25-21(27)12-11-19(23-25)18-9-6-5-7-10-18/h5-7,9-12H,3-4,8,13-17H2,1-2H3,(H,22,26)/p+1. The average Bonchev–Trinajstić information content (AvgIpc) is 2.68. The molecule has 27 heavy (non-hydrogen) atoms. The molecule has 0 aliphatic rings. The maximum absolute atomic E-state index is 12.2. The molecule has 0 saturated heterocycles. The van der Waals surface area contributed by atoms with Gasteiger partial charge < -0.3 is 10.2 Å². The zero-order chi connectivity index (χ0) is 19.5. The van der Waals surface area contributed by atoms with Gasteiger partial charge in [-0.3, -0.25) is 9.59 Å². The second-order valence-electron chi connectivity index (χ2n) is 6.78. The summed E-state index contributed by atoms with van der Waals surface area (Å²) in [6.45, 7) is 8.38. The van der Waals surface area contributed by atoms with E-state index in [4.69, 9.17) is 0 Å². The zero-order valence-corrected chi connectivity index (χ0v) is 16.4. The van der Waals surface area contributed by atoms with Crippen molar-refractivity contribution in [2.24, 2.45) is 0 Å². The third-order valence-electron chi connectivity index (χ3n) is 4.47. The van der Waals surface area contributed by atoms with Gasteiger partial charge in [-0.1, -0.05) is 44.2 Å². The quantitative estimate of drug-likeness (QED) is 0.582. The van der Waals surface area contributed by atoms with Crippen LogP contribution in [0.4, 0.5) is 0 Å². The largest absolute Gasteiger partial charge is 0.354 e. The third kappa shape index (κ3) is 6.98. The van der Waals surface area contributed by atoms with Crippen molar-refractivity contribution in [3.05, 3.63) is 52.8 Å². The van der Waals surface area contributed by atoms with E-state index in [2.05, 4.69) is 24.3 Å². The van der Waals surface area contributed by atoms with Crippen LogP contribution in [0.1, 0.15) is 33.1 Å². The Bertz CT molecular complexity index is 752. The number of rotatable bonds is 11. The normalized spacial score (nSPS) is 10.9. The summed E-state index contributed by atoms with van der Waals surface area (Å²) in [5, 5.41) is 7.23. The topological polar surface area (TPSA) is 68.4 Å². The molecule has 0 atom stereocenters. The van der Waals surface area contributed by atoms with Gasteiger partial charge in [-0.25, -0.2) is 4.68 Å². The van der Waals surface area contributed by atoms with Crippen molar-refractivity contribution in [2.45, 2.75) is 39.7 Å². The first-order valence-corrected chi connectivity index (χ1v) is 9.88. The smallest absolute Gasteiger partial charge is 0.267 e. The molecule has 146 valence electrons. The lowest BCUT2D eigenvalue weighted by molar-refractivity contribution is -0.900. The molecular weight excluding hydrogens is 340 g/mol. The van der Waals surface area contributed by atoms with Crippen LogP contribution < -0.4 is 15.8 Å². The SMILES string of the molecule is CCC[NH+](CCC)CCCNC(=O)Cn1nc(-c2ccccc2)ccc1=O. The molecular formula is C21H31N4O2+. The number of amides is 1. The van der Waals surface area contributed by atoms with Crippen LogP contribution in [0, 0.1) is 0 Å². The van der Waals surface area contributed by atoms with E-state index in [0.29, 0.717) is 12.2 Å². The molecule has 0 aliphatic carbocycles. The van der Waals surface area contributed by atoms with Crippen LogP contribution in [0.5, 0.6) is 0 Å². The number of nitrogens with one attached hydrogen (secondary N) is 2. The number of quaternary nitrogens is 1. The highest BCUT2D eigenvalue weighted by molar-refractivity contribution is 5.75. The van der Waals surface area contributed by atoms with Crippen molar-refractivity contribution in [1.29, 1.82) is 0 Å². The highest BCUT2D eigenvalue weighted by Crippen LogP contribution is 2.13. The molecule has 2 N–H and O–H groups in total. The number of carbonyl (C=O) groups is 1. The Morgan fingerprint density at radius 2 is 1.74 bits per heavy atom. The van der Waals surface area contributed by atoms with Crippen molar-refractivity contribution >= 4 is 5.91 Å². The van der Waals surface area contributed by atoms with Crippen LogP contribution in [-0.2, 0) is 11.3 Å². The van der Waals surface area contributed by atoms with Crippen molar-refractivity contribution in [2.75, 3.05) is 26.2 Å². The minimum absolute atomic E-state index is 0.0556. The van der Waals surface area contributed by atoms with E-state index in [1.165, 1.54) is 36.7 Å². The lowest BCUT2D eigenvalue weighted by atomic mass is 10.1. The molecule has 0 bridgehead atoms. The van der Waals surface area contributed by atoms with E-state index in [1.807, 2.05) is 30.3 Å². The number of hydrogen-bond acceptors (Lipinski definition) is 3. The van der Waals surface area contributed by atoms with Crippen LogP contribution in [0.3, 0.4) is 0 Å². The number of benzene rings is 1. The average molecular weight is 372 g/mol. The molecule has 1 aromatic carbocycles. The van der Waals surface area contributed by atoms with E-state index in [-0.39, 0.29) is 18.0 Å². The molecule has 1 aromatic heterocycles. The Balaban J connectivity index is 1.86. The number of carbonyl (C=O) groups excluding carboxylic acids is 1. The van der Waals surface area contributed by atoms with Gasteiger partial charge in [0.2, 0.25) is 5.91 Å². The van der Waals surface area contributed by atoms with Crippen molar-refractivity contribution in [3.63, 3.8) is 0 Å². The lowest BCUT2D eigenvalue weighted by Crippen LogP contribution is -3.12. The van der Waals surface area contributed by atoms with E-state index in [9.17, 15) is 9.59 Å². The summed E-state index contributed by atoms with van der Waals surface area (Å²) < 4.78 is 1.23. The van der Waals surface area contributed by atoms with Crippen LogP contribution in [0.2, 0.25) is 0 Å². The minimum atomic E-state index is -0.272. The highest BCUT2D eigenvalue weighted by atomic mass is 16.2. The van der Waals surface area contributed by atoms with Crippen molar-refractivity contribution in [1.82, 2.24) is 15.1 Å². The summed E-state index contributed by atoms with van der Waals surface area (Å²) in [5.41, 5.74) is 1.33. The fraction of sp³-hybridized carbons (Fsp3) is 0.476. The maximum atomic E-state index is 12.2. The summed E-state index contributed by atoms with van der Waals surface area (Å²) >= 11 is 0. The van der Waals surface area contributed by atoms with Gasteiger partial charge in [-0.05, 0) is 18.9 Å². The first-order valence-electron chi connectivity index (χ1n) is 9.88.